The van der Waals surface area contributed by atoms with Gasteiger partial charge in [0.1, 0.15) is 11.0 Å². The molecule has 4 aromatic rings. The zero-order valence-corrected chi connectivity index (χ0v) is 19.0. The summed E-state index contributed by atoms with van der Waals surface area (Å²) in [7, 11) is 0. The summed E-state index contributed by atoms with van der Waals surface area (Å²) in [5, 5.41) is 3.60. The van der Waals surface area contributed by atoms with Gasteiger partial charge >= 0.3 is 5.69 Å². The second-order valence-corrected chi connectivity index (χ2v) is 8.64. The van der Waals surface area contributed by atoms with Gasteiger partial charge in [0.05, 0.1) is 11.4 Å². The van der Waals surface area contributed by atoms with Gasteiger partial charge in [-0.05, 0) is 57.4 Å². The number of hydrogen-bond acceptors (Lipinski definition) is 4. The molecule has 7 heteroatoms. The lowest BCUT2D eigenvalue weighted by atomic mass is 10.1. The molecule has 7 nitrogen and oxygen atoms in total. The highest BCUT2D eigenvalue weighted by Gasteiger charge is 2.31. The average molecular weight is 443 g/mol. The quantitative estimate of drug-likeness (QED) is 0.506. The molecule has 1 fully saturated rings. The van der Waals surface area contributed by atoms with Crippen LogP contribution in [0.4, 0.5) is 11.4 Å². The van der Waals surface area contributed by atoms with E-state index in [1.807, 2.05) is 69.3 Å². The van der Waals surface area contributed by atoms with Crippen molar-refractivity contribution in [3.05, 3.63) is 96.9 Å². The monoisotopic (exact) mass is 442 g/mol. The average Bonchev–Trinajstić information content (AvgIpc) is 3.61. The van der Waals surface area contributed by atoms with E-state index in [9.17, 15) is 14.4 Å². The van der Waals surface area contributed by atoms with E-state index in [1.165, 1.54) is 19.8 Å². The third-order valence-corrected chi connectivity index (χ3v) is 6.24. The number of nitrogens with zero attached hydrogens (tertiary/aromatic N) is 3. The zero-order valence-electron chi connectivity index (χ0n) is 19.0. The predicted molar refractivity (Wildman–Crippen MR) is 131 cm³/mol. The highest BCUT2D eigenvalue weighted by molar-refractivity contribution is 5.91. The molecule has 0 amide bonds. The Hall–Kier alpha value is -3.87. The van der Waals surface area contributed by atoms with Crippen LogP contribution in [0.15, 0.2) is 69.0 Å². The SMILES string of the molecule is CCn1c(=O)cc(Nc2ccc(C)cc2)c2c(=O)n(C3CC3)c(=O)n(-c3ccccc3C)c21. The van der Waals surface area contributed by atoms with Crippen molar-refractivity contribution in [3.63, 3.8) is 0 Å². The number of rotatable bonds is 5. The fraction of sp³-hybridized carbons (Fsp3) is 0.269. The summed E-state index contributed by atoms with van der Waals surface area (Å²) in [6.45, 7) is 6.09. The van der Waals surface area contributed by atoms with Crippen molar-refractivity contribution in [2.24, 2.45) is 0 Å². The third kappa shape index (κ3) is 3.50. The Morgan fingerprint density at radius 2 is 1.67 bits per heavy atom. The summed E-state index contributed by atoms with van der Waals surface area (Å²) in [4.78, 5) is 40.6. The van der Waals surface area contributed by atoms with Crippen molar-refractivity contribution in [3.8, 4) is 5.69 Å². The molecule has 0 radical (unpaired) electrons. The Labute approximate surface area is 190 Å². The van der Waals surface area contributed by atoms with E-state index in [1.54, 1.807) is 0 Å². The molecular weight excluding hydrogens is 416 g/mol. The summed E-state index contributed by atoms with van der Waals surface area (Å²) in [6.07, 6.45) is 1.59. The number of aromatic nitrogens is 3. The van der Waals surface area contributed by atoms with Crippen LogP contribution in [0.25, 0.3) is 16.7 Å². The van der Waals surface area contributed by atoms with Crippen molar-refractivity contribution in [1.82, 2.24) is 13.7 Å². The largest absolute Gasteiger partial charge is 0.355 e. The molecule has 1 aliphatic rings. The smallest absolute Gasteiger partial charge is 0.337 e. The first kappa shape index (κ1) is 21.0. The first-order chi connectivity index (χ1) is 15.9. The number of nitrogens with one attached hydrogen (secondary N) is 1. The topological polar surface area (TPSA) is 78.0 Å². The first-order valence-electron chi connectivity index (χ1n) is 11.3. The molecule has 168 valence electrons. The molecule has 2 aromatic carbocycles. The Balaban J connectivity index is 1.94. The van der Waals surface area contributed by atoms with Crippen molar-refractivity contribution >= 4 is 22.4 Å². The van der Waals surface area contributed by atoms with Crippen LogP contribution in [0.2, 0.25) is 0 Å². The van der Waals surface area contributed by atoms with Gasteiger partial charge < -0.3 is 5.32 Å². The Kier molecular flexibility index (Phi) is 5.04. The lowest BCUT2D eigenvalue weighted by Crippen LogP contribution is -2.41. The number of fused-ring (bicyclic) bond motifs is 1. The molecule has 0 atom stereocenters. The molecule has 0 bridgehead atoms. The van der Waals surface area contributed by atoms with Crippen LogP contribution in [0.3, 0.4) is 0 Å². The minimum absolute atomic E-state index is 0.112. The molecule has 0 unspecified atom stereocenters. The van der Waals surface area contributed by atoms with Gasteiger partial charge in [-0.1, -0.05) is 35.9 Å². The van der Waals surface area contributed by atoms with Gasteiger partial charge in [-0.3, -0.25) is 18.7 Å². The lowest BCUT2D eigenvalue weighted by molar-refractivity contribution is 0.630. The van der Waals surface area contributed by atoms with E-state index < -0.39 is 5.69 Å². The molecule has 2 heterocycles. The Morgan fingerprint density at radius 3 is 2.30 bits per heavy atom. The van der Waals surface area contributed by atoms with Gasteiger partial charge in [-0.25, -0.2) is 9.36 Å². The summed E-state index contributed by atoms with van der Waals surface area (Å²) in [6, 6.07) is 16.6. The summed E-state index contributed by atoms with van der Waals surface area (Å²) < 4.78 is 4.40. The maximum absolute atomic E-state index is 13.7. The first-order valence-corrected chi connectivity index (χ1v) is 11.3. The van der Waals surface area contributed by atoms with E-state index >= 15 is 0 Å². The molecular formula is C26H26N4O3. The molecule has 1 N–H and O–H groups in total. The second-order valence-electron chi connectivity index (χ2n) is 8.64. The second kappa shape index (κ2) is 7.92. The number of aryl methyl sites for hydroxylation is 3. The highest BCUT2D eigenvalue weighted by atomic mass is 16.2. The van der Waals surface area contributed by atoms with Gasteiger partial charge in [0, 0.05) is 24.3 Å². The third-order valence-electron chi connectivity index (χ3n) is 6.24. The molecule has 5 rings (SSSR count). The number of pyridine rings is 1. The van der Waals surface area contributed by atoms with E-state index in [4.69, 9.17) is 0 Å². The lowest BCUT2D eigenvalue weighted by Gasteiger charge is -2.20. The van der Waals surface area contributed by atoms with Crippen LogP contribution in [0.1, 0.15) is 36.9 Å². The van der Waals surface area contributed by atoms with Crippen molar-refractivity contribution in [2.75, 3.05) is 5.32 Å². The van der Waals surface area contributed by atoms with E-state index in [0.717, 1.165) is 29.7 Å². The highest BCUT2D eigenvalue weighted by Crippen LogP contribution is 2.33. The maximum Gasteiger partial charge on any atom is 0.337 e. The normalized spacial score (nSPS) is 13.4. The van der Waals surface area contributed by atoms with Gasteiger partial charge in [0.15, 0.2) is 0 Å². The summed E-state index contributed by atoms with van der Waals surface area (Å²) in [5.74, 6) is 0. The minimum atomic E-state index is -0.404. The van der Waals surface area contributed by atoms with Crippen molar-refractivity contribution < 1.29 is 0 Å². The van der Waals surface area contributed by atoms with Crippen LogP contribution >= 0.6 is 0 Å². The molecule has 33 heavy (non-hydrogen) atoms. The molecule has 0 aliphatic heterocycles. The minimum Gasteiger partial charge on any atom is -0.355 e. The van der Waals surface area contributed by atoms with E-state index in [-0.39, 0.29) is 17.2 Å². The number of anilines is 2. The van der Waals surface area contributed by atoms with Gasteiger partial charge in [-0.2, -0.15) is 0 Å². The zero-order chi connectivity index (χ0) is 23.3. The molecule has 1 saturated carbocycles. The fourth-order valence-corrected chi connectivity index (χ4v) is 4.37. The molecule has 2 aromatic heterocycles. The van der Waals surface area contributed by atoms with Crippen LogP contribution in [-0.4, -0.2) is 13.7 Å². The Bertz CT molecular complexity index is 1550. The van der Waals surface area contributed by atoms with Crippen LogP contribution in [0, 0.1) is 13.8 Å². The molecule has 1 aliphatic carbocycles. The van der Waals surface area contributed by atoms with Gasteiger partial charge in [0.25, 0.3) is 11.1 Å². The number of hydrogen-bond donors (Lipinski definition) is 1. The molecule has 0 spiro atoms. The van der Waals surface area contributed by atoms with E-state index in [0.29, 0.717) is 29.0 Å². The van der Waals surface area contributed by atoms with Gasteiger partial charge in [0.2, 0.25) is 0 Å². The standard InChI is InChI=1S/C26H26N4O3/c1-4-28-22(31)15-20(27-18-11-9-16(2)10-12-18)23-24(28)30(21-8-6-5-7-17(21)3)26(33)29(25(23)32)19-13-14-19/h5-12,15,19,27H,4,13-14H2,1-3H3. The summed E-state index contributed by atoms with van der Waals surface area (Å²) in [5.41, 5.74) is 3.11. The summed E-state index contributed by atoms with van der Waals surface area (Å²) >= 11 is 0. The van der Waals surface area contributed by atoms with Crippen molar-refractivity contribution in [2.45, 2.75) is 46.2 Å². The maximum atomic E-state index is 13.7. The predicted octanol–water partition coefficient (Wildman–Crippen LogP) is 4.03. The molecule has 0 saturated heterocycles. The van der Waals surface area contributed by atoms with Gasteiger partial charge in [-0.15, -0.1) is 0 Å². The van der Waals surface area contributed by atoms with Crippen LogP contribution in [0.5, 0.6) is 0 Å². The van der Waals surface area contributed by atoms with Crippen LogP contribution in [-0.2, 0) is 6.54 Å². The Morgan fingerprint density at radius 1 is 0.970 bits per heavy atom. The number of benzene rings is 2. The van der Waals surface area contributed by atoms with E-state index in [2.05, 4.69) is 5.32 Å². The van der Waals surface area contributed by atoms with Crippen molar-refractivity contribution in [1.29, 1.82) is 0 Å². The number of para-hydroxylation sites is 1. The fourth-order valence-electron chi connectivity index (χ4n) is 4.37. The van der Waals surface area contributed by atoms with Crippen LogP contribution < -0.4 is 22.1 Å².